The number of carbonyl (C=O) groups is 2. The quantitative estimate of drug-likeness (QED) is 0.764. The first-order chi connectivity index (χ1) is 14.5. The smallest absolute Gasteiger partial charge is 0.253 e. The number of ether oxygens (including phenoxy) is 1. The van der Waals surface area contributed by atoms with Crippen molar-refractivity contribution in [2.45, 2.75) is 25.4 Å². The Labute approximate surface area is 178 Å². The largest absolute Gasteiger partial charge is 0.381 e. The lowest BCUT2D eigenvalue weighted by atomic mass is 10.0. The number of hydrogen-bond acceptors (Lipinski definition) is 4. The van der Waals surface area contributed by atoms with Crippen molar-refractivity contribution in [3.63, 3.8) is 0 Å². The van der Waals surface area contributed by atoms with Crippen molar-refractivity contribution in [2.75, 3.05) is 40.9 Å². The summed E-state index contributed by atoms with van der Waals surface area (Å²) < 4.78 is 5.40. The second kappa shape index (κ2) is 10.4. The van der Waals surface area contributed by atoms with Crippen molar-refractivity contribution in [3.8, 4) is 11.1 Å². The van der Waals surface area contributed by atoms with Gasteiger partial charge in [0.15, 0.2) is 0 Å². The first-order valence-electron chi connectivity index (χ1n) is 10.4. The van der Waals surface area contributed by atoms with E-state index in [4.69, 9.17) is 4.74 Å². The third-order valence-corrected chi connectivity index (χ3v) is 5.62. The highest BCUT2D eigenvalue weighted by atomic mass is 16.5. The second-order valence-electron chi connectivity index (χ2n) is 7.82. The van der Waals surface area contributed by atoms with Gasteiger partial charge in [0.25, 0.3) is 5.91 Å². The molecule has 1 saturated heterocycles. The zero-order valence-corrected chi connectivity index (χ0v) is 18.1. The van der Waals surface area contributed by atoms with E-state index in [-0.39, 0.29) is 17.9 Å². The molecule has 0 radical (unpaired) electrons. The molecule has 0 bridgehead atoms. The lowest BCUT2D eigenvalue weighted by Crippen LogP contribution is -2.40. The lowest BCUT2D eigenvalue weighted by Gasteiger charge is -2.31. The molecule has 160 valence electrons. The molecule has 1 heterocycles. The number of nitrogens with one attached hydrogen (secondary N) is 1. The number of amides is 2. The standard InChI is InChI=1S/C24H31N3O3/c1-25-16-23(28)26(2)17-18-5-4-6-21(15-18)19-7-9-20(10-8-19)24(29)27(3)22-11-13-30-14-12-22/h4-10,15,22,25H,11-14,16-17H2,1-3H3. The van der Waals surface area contributed by atoms with Crippen LogP contribution in [0.3, 0.4) is 0 Å². The average molecular weight is 410 g/mol. The van der Waals surface area contributed by atoms with Crippen molar-refractivity contribution in [3.05, 3.63) is 59.7 Å². The van der Waals surface area contributed by atoms with Crippen LogP contribution in [-0.2, 0) is 16.1 Å². The fourth-order valence-electron chi connectivity index (χ4n) is 3.74. The predicted molar refractivity (Wildman–Crippen MR) is 118 cm³/mol. The fourth-order valence-corrected chi connectivity index (χ4v) is 3.74. The van der Waals surface area contributed by atoms with Crippen molar-refractivity contribution < 1.29 is 14.3 Å². The van der Waals surface area contributed by atoms with E-state index in [0.717, 1.165) is 29.5 Å². The van der Waals surface area contributed by atoms with E-state index in [1.807, 2.05) is 61.5 Å². The van der Waals surface area contributed by atoms with Gasteiger partial charge in [-0.3, -0.25) is 9.59 Å². The van der Waals surface area contributed by atoms with E-state index in [1.54, 1.807) is 11.9 Å². The van der Waals surface area contributed by atoms with E-state index in [2.05, 4.69) is 11.4 Å². The Kier molecular flexibility index (Phi) is 7.60. The third kappa shape index (κ3) is 5.46. The number of carbonyl (C=O) groups excluding carboxylic acids is 2. The second-order valence-corrected chi connectivity index (χ2v) is 7.82. The van der Waals surface area contributed by atoms with Gasteiger partial charge in [0, 0.05) is 45.5 Å². The van der Waals surface area contributed by atoms with Gasteiger partial charge in [0.05, 0.1) is 6.54 Å². The van der Waals surface area contributed by atoms with Crippen LogP contribution in [0.25, 0.3) is 11.1 Å². The van der Waals surface area contributed by atoms with Crippen molar-refractivity contribution in [1.29, 1.82) is 0 Å². The SMILES string of the molecule is CNCC(=O)N(C)Cc1cccc(-c2ccc(C(=O)N(C)C3CCOCC3)cc2)c1. The molecule has 6 heteroatoms. The minimum atomic E-state index is 0.0480. The van der Waals surface area contributed by atoms with Crippen LogP contribution in [0.4, 0.5) is 0 Å². The molecule has 0 aliphatic carbocycles. The Hall–Kier alpha value is -2.70. The minimum absolute atomic E-state index is 0.0480. The van der Waals surface area contributed by atoms with Crippen molar-refractivity contribution in [1.82, 2.24) is 15.1 Å². The van der Waals surface area contributed by atoms with Gasteiger partial charge in [-0.1, -0.05) is 30.3 Å². The molecule has 6 nitrogen and oxygen atoms in total. The van der Waals surface area contributed by atoms with Crippen molar-refractivity contribution >= 4 is 11.8 Å². The Morgan fingerprint density at radius 1 is 1.03 bits per heavy atom. The van der Waals surface area contributed by atoms with Gasteiger partial charge in [0.1, 0.15) is 0 Å². The summed E-state index contributed by atoms with van der Waals surface area (Å²) in [4.78, 5) is 28.4. The van der Waals surface area contributed by atoms with Gasteiger partial charge >= 0.3 is 0 Å². The molecule has 3 rings (SSSR count). The maximum atomic E-state index is 12.8. The number of hydrogen-bond donors (Lipinski definition) is 1. The average Bonchev–Trinajstić information content (AvgIpc) is 2.79. The van der Waals surface area contributed by atoms with Gasteiger partial charge in [-0.2, -0.15) is 0 Å². The highest BCUT2D eigenvalue weighted by Crippen LogP contribution is 2.23. The summed E-state index contributed by atoms with van der Waals surface area (Å²) in [5.41, 5.74) is 3.88. The van der Waals surface area contributed by atoms with E-state index in [1.165, 1.54) is 0 Å². The Morgan fingerprint density at radius 3 is 2.40 bits per heavy atom. The molecule has 0 aromatic heterocycles. The normalized spacial score (nSPS) is 14.4. The zero-order valence-electron chi connectivity index (χ0n) is 18.1. The highest BCUT2D eigenvalue weighted by molar-refractivity contribution is 5.94. The molecule has 2 amide bonds. The van der Waals surface area contributed by atoms with Crippen molar-refractivity contribution in [2.24, 2.45) is 0 Å². The summed E-state index contributed by atoms with van der Waals surface area (Å²) in [7, 11) is 5.45. The maximum Gasteiger partial charge on any atom is 0.253 e. The van der Waals surface area contributed by atoms with Crippen LogP contribution >= 0.6 is 0 Å². The van der Waals surface area contributed by atoms with Gasteiger partial charge in [-0.25, -0.2) is 0 Å². The number of rotatable bonds is 7. The molecule has 0 spiro atoms. The predicted octanol–water partition coefficient (Wildman–Crippen LogP) is 2.78. The molecule has 2 aromatic carbocycles. The molecule has 0 unspecified atom stereocenters. The van der Waals surface area contributed by atoms with Crippen LogP contribution in [0.15, 0.2) is 48.5 Å². The fraction of sp³-hybridized carbons (Fsp3) is 0.417. The topological polar surface area (TPSA) is 61.9 Å². The van der Waals surface area contributed by atoms with Crippen LogP contribution in [0.2, 0.25) is 0 Å². The summed E-state index contributed by atoms with van der Waals surface area (Å²) in [5.74, 6) is 0.103. The summed E-state index contributed by atoms with van der Waals surface area (Å²) >= 11 is 0. The number of benzene rings is 2. The Morgan fingerprint density at radius 2 is 1.73 bits per heavy atom. The number of likely N-dealkylation sites (N-methyl/N-ethyl adjacent to an activating group) is 2. The summed E-state index contributed by atoms with van der Waals surface area (Å²) in [6, 6.07) is 16.2. The summed E-state index contributed by atoms with van der Waals surface area (Å²) in [6.07, 6.45) is 1.77. The van der Waals surface area contributed by atoms with Gasteiger partial charge in [-0.05, 0) is 54.8 Å². The molecule has 1 fully saturated rings. The van der Waals surface area contributed by atoms with E-state index < -0.39 is 0 Å². The maximum absolute atomic E-state index is 12.8. The zero-order chi connectivity index (χ0) is 21.5. The molecule has 30 heavy (non-hydrogen) atoms. The molecule has 0 atom stereocenters. The first kappa shape index (κ1) is 22.0. The number of nitrogens with zero attached hydrogens (tertiary/aromatic N) is 2. The Bertz CT molecular complexity index is 860. The molecular weight excluding hydrogens is 378 g/mol. The van der Waals surface area contributed by atoms with Crippen LogP contribution in [-0.4, -0.2) is 68.6 Å². The summed E-state index contributed by atoms with van der Waals surface area (Å²) in [6.45, 7) is 2.31. The summed E-state index contributed by atoms with van der Waals surface area (Å²) in [5, 5.41) is 2.89. The van der Waals surface area contributed by atoms with Crippen LogP contribution in [0.5, 0.6) is 0 Å². The van der Waals surface area contributed by atoms with Crippen LogP contribution < -0.4 is 5.32 Å². The monoisotopic (exact) mass is 409 g/mol. The van der Waals surface area contributed by atoms with Crippen LogP contribution in [0, 0.1) is 0 Å². The van der Waals surface area contributed by atoms with Crippen LogP contribution in [0.1, 0.15) is 28.8 Å². The van der Waals surface area contributed by atoms with Gasteiger partial charge in [0.2, 0.25) is 5.91 Å². The minimum Gasteiger partial charge on any atom is -0.381 e. The molecule has 2 aromatic rings. The molecule has 1 N–H and O–H groups in total. The van der Waals surface area contributed by atoms with Gasteiger partial charge in [-0.15, -0.1) is 0 Å². The lowest BCUT2D eigenvalue weighted by molar-refractivity contribution is -0.129. The first-order valence-corrected chi connectivity index (χ1v) is 10.4. The van der Waals surface area contributed by atoms with E-state index in [9.17, 15) is 9.59 Å². The van der Waals surface area contributed by atoms with E-state index in [0.29, 0.717) is 31.9 Å². The highest BCUT2D eigenvalue weighted by Gasteiger charge is 2.23. The van der Waals surface area contributed by atoms with E-state index >= 15 is 0 Å². The molecular formula is C24H31N3O3. The third-order valence-electron chi connectivity index (χ3n) is 5.62. The molecule has 0 saturated carbocycles. The Balaban J connectivity index is 1.68. The molecule has 1 aliphatic heterocycles. The van der Waals surface area contributed by atoms with Gasteiger partial charge < -0.3 is 19.9 Å². The molecule has 1 aliphatic rings.